The van der Waals surface area contributed by atoms with E-state index >= 15 is 0 Å². The van der Waals surface area contributed by atoms with Gasteiger partial charge in [-0.1, -0.05) is 31.6 Å². The number of hydrogen-bond donors (Lipinski definition) is 0. The quantitative estimate of drug-likeness (QED) is 0.380. The highest BCUT2D eigenvalue weighted by Crippen LogP contribution is 2.44. The van der Waals surface area contributed by atoms with Gasteiger partial charge in [-0.15, -0.1) is 0 Å². The molecular weight excluding hydrogens is 172 g/mol. The summed E-state index contributed by atoms with van der Waals surface area (Å²) in [6.45, 7) is 8.66. The smallest absolute Gasteiger partial charge is 0.145 e. The monoisotopic (exact) mass is 192 g/mol. The second kappa shape index (κ2) is 4.12. The molecule has 1 atom stereocenters. The number of aldehydes is 1. The Bertz CT molecular complexity index is 282. The van der Waals surface area contributed by atoms with Crippen LogP contribution in [0.15, 0.2) is 23.3 Å². The second-order valence-corrected chi connectivity index (χ2v) is 4.84. The predicted octanol–water partition coefficient (Wildman–Crippen LogP) is 3.51. The molecule has 0 aromatic rings. The lowest BCUT2D eigenvalue weighted by atomic mass is 9.76. The Labute approximate surface area is 86.9 Å². The van der Waals surface area contributed by atoms with Crippen molar-refractivity contribution in [2.45, 2.75) is 40.5 Å². The first kappa shape index (κ1) is 11.2. The maximum Gasteiger partial charge on any atom is 0.145 e. The molecule has 0 N–H and O–H groups in total. The van der Waals surface area contributed by atoms with Crippen LogP contribution >= 0.6 is 0 Å². The Morgan fingerprint density at radius 1 is 1.64 bits per heavy atom. The van der Waals surface area contributed by atoms with Crippen LogP contribution in [0.2, 0.25) is 0 Å². The van der Waals surface area contributed by atoms with Gasteiger partial charge in [0.2, 0.25) is 0 Å². The summed E-state index contributed by atoms with van der Waals surface area (Å²) in [6, 6.07) is 0. The van der Waals surface area contributed by atoms with Gasteiger partial charge in [-0.05, 0) is 43.6 Å². The molecule has 0 spiro atoms. The first-order chi connectivity index (χ1) is 6.48. The van der Waals surface area contributed by atoms with Crippen molar-refractivity contribution in [2.75, 3.05) is 0 Å². The van der Waals surface area contributed by atoms with Crippen molar-refractivity contribution in [3.63, 3.8) is 0 Å². The lowest BCUT2D eigenvalue weighted by Gasteiger charge is -2.28. The van der Waals surface area contributed by atoms with Crippen molar-refractivity contribution < 1.29 is 4.79 Å². The third-order valence-electron chi connectivity index (χ3n) is 3.66. The third kappa shape index (κ3) is 2.14. The van der Waals surface area contributed by atoms with Gasteiger partial charge in [-0.2, -0.15) is 0 Å². The number of carbonyl (C=O) groups excluding carboxylic acids is 1. The Morgan fingerprint density at radius 2 is 2.29 bits per heavy atom. The molecule has 0 saturated carbocycles. The van der Waals surface area contributed by atoms with Crippen molar-refractivity contribution in [3.8, 4) is 0 Å². The Kier molecular flexibility index (Phi) is 3.30. The highest BCUT2D eigenvalue weighted by atomic mass is 16.1. The molecule has 0 saturated heterocycles. The fourth-order valence-electron chi connectivity index (χ4n) is 1.97. The molecule has 1 heteroatoms. The summed E-state index contributed by atoms with van der Waals surface area (Å²) in [6.07, 6.45) is 7.50. The van der Waals surface area contributed by atoms with Crippen molar-refractivity contribution in [3.05, 3.63) is 23.3 Å². The van der Waals surface area contributed by atoms with Crippen LogP contribution < -0.4 is 0 Å². The molecule has 0 heterocycles. The van der Waals surface area contributed by atoms with Crippen molar-refractivity contribution in [1.29, 1.82) is 0 Å². The van der Waals surface area contributed by atoms with Crippen LogP contribution in [0.5, 0.6) is 0 Å². The lowest BCUT2D eigenvalue weighted by Crippen LogP contribution is -2.19. The van der Waals surface area contributed by atoms with E-state index in [9.17, 15) is 4.79 Å². The van der Waals surface area contributed by atoms with E-state index in [-0.39, 0.29) is 0 Å². The molecule has 0 aromatic carbocycles. The van der Waals surface area contributed by atoms with E-state index < -0.39 is 0 Å². The largest absolute Gasteiger partial charge is 0.298 e. The van der Waals surface area contributed by atoms with E-state index in [2.05, 4.69) is 32.9 Å². The molecule has 0 aliphatic heterocycles. The zero-order chi connectivity index (χ0) is 10.8. The van der Waals surface area contributed by atoms with Crippen LogP contribution in [0.3, 0.4) is 0 Å². The number of allylic oxidation sites excluding steroid dienone is 4. The molecule has 1 nitrogen and oxygen atoms in total. The van der Waals surface area contributed by atoms with Crippen molar-refractivity contribution in [2.24, 2.45) is 11.3 Å². The zero-order valence-corrected chi connectivity index (χ0v) is 9.63. The molecule has 14 heavy (non-hydrogen) atoms. The third-order valence-corrected chi connectivity index (χ3v) is 3.66. The highest BCUT2D eigenvalue weighted by molar-refractivity contribution is 5.71. The van der Waals surface area contributed by atoms with Gasteiger partial charge >= 0.3 is 0 Å². The molecule has 0 radical (unpaired) electrons. The molecule has 0 bridgehead atoms. The molecule has 0 fully saturated rings. The number of hydrogen-bond acceptors (Lipinski definition) is 1. The van der Waals surface area contributed by atoms with E-state index in [0.717, 1.165) is 24.7 Å². The topological polar surface area (TPSA) is 17.1 Å². The summed E-state index contributed by atoms with van der Waals surface area (Å²) >= 11 is 0. The minimum Gasteiger partial charge on any atom is -0.298 e. The van der Waals surface area contributed by atoms with Gasteiger partial charge in [0.15, 0.2) is 0 Å². The lowest BCUT2D eigenvalue weighted by molar-refractivity contribution is -0.104. The van der Waals surface area contributed by atoms with Crippen molar-refractivity contribution in [1.82, 2.24) is 0 Å². The van der Waals surface area contributed by atoms with Gasteiger partial charge in [-0.3, -0.25) is 4.79 Å². The Balaban J connectivity index is 2.62. The highest BCUT2D eigenvalue weighted by Gasteiger charge is 2.33. The van der Waals surface area contributed by atoms with Gasteiger partial charge in [0.25, 0.3) is 0 Å². The zero-order valence-electron chi connectivity index (χ0n) is 9.63. The summed E-state index contributed by atoms with van der Waals surface area (Å²) in [5.41, 5.74) is 2.64. The summed E-state index contributed by atoms with van der Waals surface area (Å²) in [5, 5.41) is 0. The minimum absolute atomic E-state index is 0.305. The fraction of sp³-hybridized carbons (Fsp3) is 0.615. The van der Waals surface area contributed by atoms with Crippen LogP contribution in [-0.2, 0) is 4.79 Å². The Hall–Kier alpha value is -0.850. The molecule has 1 aliphatic carbocycles. The summed E-state index contributed by atoms with van der Waals surface area (Å²) in [4.78, 5) is 10.5. The molecule has 1 aliphatic rings. The summed E-state index contributed by atoms with van der Waals surface area (Å²) in [5.74, 6) is 0.664. The van der Waals surface area contributed by atoms with E-state index in [1.807, 2.05) is 6.92 Å². The normalized spacial score (nSPS) is 26.1. The molecule has 0 amide bonds. The van der Waals surface area contributed by atoms with E-state index in [0.29, 0.717) is 11.3 Å². The maximum atomic E-state index is 10.5. The van der Waals surface area contributed by atoms with Crippen LogP contribution in [0.4, 0.5) is 0 Å². The molecule has 0 aromatic heterocycles. The molecular formula is C13H20O. The molecule has 1 rings (SSSR count). The van der Waals surface area contributed by atoms with Crippen LogP contribution in [-0.4, -0.2) is 6.29 Å². The predicted molar refractivity (Wildman–Crippen MR) is 60.1 cm³/mol. The van der Waals surface area contributed by atoms with Gasteiger partial charge in [0, 0.05) is 0 Å². The summed E-state index contributed by atoms with van der Waals surface area (Å²) < 4.78 is 0. The number of carbonyl (C=O) groups is 1. The average Bonchev–Trinajstić information content (AvgIpc) is 2.39. The summed E-state index contributed by atoms with van der Waals surface area (Å²) in [7, 11) is 0. The van der Waals surface area contributed by atoms with Gasteiger partial charge in [-0.25, -0.2) is 0 Å². The Morgan fingerprint density at radius 3 is 2.71 bits per heavy atom. The standard InChI is InChI=1S/C13H20O/c1-10(9-14)5-7-12-8-6-11(2)13(12,3)4/h5-6,9,12H,7-8H2,1-4H3/b10-5+. The van der Waals surface area contributed by atoms with Gasteiger partial charge in [0.1, 0.15) is 6.29 Å². The van der Waals surface area contributed by atoms with E-state index in [1.54, 1.807) is 0 Å². The second-order valence-electron chi connectivity index (χ2n) is 4.84. The maximum absolute atomic E-state index is 10.5. The van der Waals surface area contributed by atoms with Gasteiger partial charge in [0.05, 0.1) is 0 Å². The fourth-order valence-corrected chi connectivity index (χ4v) is 1.97. The molecule has 1 unspecified atom stereocenters. The van der Waals surface area contributed by atoms with Crippen LogP contribution in [0.1, 0.15) is 40.5 Å². The van der Waals surface area contributed by atoms with Crippen LogP contribution in [0, 0.1) is 11.3 Å². The first-order valence-corrected chi connectivity index (χ1v) is 5.27. The minimum atomic E-state index is 0.305. The van der Waals surface area contributed by atoms with Crippen LogP contribution in [0.25, 0.3) is 0 Å². The average molecular weight is 192 g/mol. The van der Waals surface area contributed by atoms with E-state index in [1.165, 1.54) is 5.57 Å². The van der Waals surface area contributed by atoms with Crippen molar-refractivity contribution >= 4 is 6.29 Å². The molecule has 78 valence electrons. The first-order valence-electron chi connectivity index (χ1n) is 5.27. The van der Waals surface area contributed by atoms with Gasteiger partial charge < -0.3 is 0 Å². The SMILES string of the molecule is CC1=CCC(C/C=C(\C)C=O)C1(C)C. The van der Waals surface area contributed by atoms with E-state index in [4.69, 9.17) is 0 Å². The number of rotatable bonds is 3.